The van der Waals surface area contributed by atoms with Gasteiger partial charge in [-0.1, -0.05) is 24.3 Å². The van der Waals surface area contributed by atoms with Crippen LogP contribution >= 0.6 is 24.8 Å². The van der Waals surface area contributed by atoms with Crippen molar-refractivity contribution in [2.75, 3.05) is 31.2 Å². The highest BCUT2D eigenvalue weighted by Gasteiger charge is 2.26. The second kappa shape index (κ2) is 11.6. The zero-order chi connectivity index (χ0) is 20.2. The van der Waals surface area contributed by atoms with Crippen LogP contribution in [0.25, 0.3) is 0 Å². The predicted molar refractivity (Wildman–Crippen MR) is 125 cm³/mol. The number of pyridine rings is 1. The van der Waals surface area contributed by atoms with Gasteiger partial charge < -0.3 is 25.8 Å². The van der Waals surface area contributed by atoms with Crippen LogP contribution in [0.3, 0.4) is 0 Å². The van der Waals surface area contributed by atoms with Gasteiger partial charge >= 0.3 is 0 Å². The molecule has 9 heteroatoms. The topological polar surface area (TPSA) is 101 Å². The Bertz CT molecular complexity index is 876. The summed E-state index contributed by atoms with van der Waals surface area (Å²) in [5, 5.41) is 14.3. The summed E-state index contributed by atoms with van der Waals surface area (Å²) in [6.45, 7) is 3.73. The number of fused-ring (bicyclic) bond motifs is 1. The van der Waals surface area contributed by atoms with E-state index in [9.17, 15) is 9.90 Å². The maximum absolute atomic E-state index is 11.9. The number of nitrogens with zero attached hydrogens (tertiary/aromatic N) is 2. The Labute approximate surface area is 195 Å². The molecule has 0 saturated carbocycles. The highest BCUT2D eigenvalue weighted by atomic mass is 35.5. The number of halogens is 2. The number of rotatable bonds is 5. The largest absolute Gasteiger partial charge is 0.391 e. The number of aromatic nitrogens is 1. The summed E-state index contributed by atoms with van der Waals surface area (Å²) in [6, 6.07) is 11.7. The molecule has 1 saturated heterocycles. The number of nitrogens with one attached hydrogen (secondary N) is 1. The number of ether oxygens (including phenoxy) is 1. The van der Waals surface area contributed by atoms with Gasteiger partial charge in [0.05, 0.1) is 24.0 Å². The number of benzene rings is 1. The summed E-state index contributed by atoms with van der Waals surface area (Å²) in [4.78, 5) is 18.8. The van der Waals surface area contributed by atoms with Gasteiger partial charge in [0.15, 0.2) is 0 Å². The van der Waals surface area contributed by atoms with E-state index < -0.39 is 12.0 Å². The van der Waals surface area contributed by atoms with Crippen LogP contribution in [0.2, 0.25) is 0 Å². The molecule has 2 aromatic rings. The first-order chi connectivity index (χ1) is 14.1. The van der Waals surface area contributed by atoms with Crippen LogP contribution in [0.5, 0.6) is 0 Å². The molecule has 0 aliphatic carbocycles. The van der Waals surface area contributed by atoms with Gasteiger partial charge in [0.2, 0.25) is 0 Å². The number of aliphatic hydroxyl groups excluding tert-OH is 1. The monoisotopic (exact) mass is 468 g/mol. The van der Waals surface area contributed by atoms with Crippen LogP contribution in [0.1, 0.15) is 33.6 Å². The quantitative estimate of drug-likeness (QED) is 0.618. The van der Waals surface area contributed by atoms with Crippen LogP contribution < -0.4 is 16.0 Å². The molecular weight excluding hydrogens is 439 g/mol. The average molecular weight is 469 g/mol. The number of hydrogen-bond donors (Lipinski definition) is 3. The number of nitrogens with two attached hydrogens (primary N) is 1. The molecule has 0 spiro atoms. The lowest BCUT2D eigenvalue weighted by atomic mass is 9.91. The van der Waals surface area contributed by atoms with E-state index in [2.05, 4.69) is 22.3 Å². The second-order valence-electron chi connectivity index (χ2n) is 7.71. The molecule has 2 aliphatic heterocycles. The predicted octanol–water partition coefficient (Wildman–Crippen LogP) is 1.87. The summed E-state index contributed by atoms with van der Waals surface area (Å²) < 4.78 is 5.52. The minimum absolute atomic E-state index is 0. The first kappa shape index (κ1) is 25.4. The summed E-state index contributed by atoms with van der Waals surface area (Å²) in [6.07, 6.45) is 1.28. The van der Waals surface area contributed by atoms with Gasteiger partial charge in [0.25, 0.3) is 5.91 Å². The van der Waals surface area contributed by atoms with Crippen molar-refractivity contribution in [3.8, 4) is 0 Å². The van der Waals surface area contributed by atoms with Crippen LogP contribution in [-0.2, 0) is 24.1 Å². The molecule has 1 aromatic carbocycles. The SMILES string of the molecule is Cl.Cl.NC(=O)c1ccc(N2CCCOCC2)nc1C[C@@H](O)[C@@H]1Cc2ccccc2CN1. The minimum Gasteiger partial charge on any atom is -0.391 e. The molecule has 1 amide bonds. The van der Waals surface area contributed by atoms with E-state index in [4.69, 9.17) is 15.5 Å². The molecule has 31 heavy (non-hydrogen) atoms. The second-order valence-corrected chi connectivity index (χ2v) is 7.71. The lowest BCUT2D eigenvalue weighted by molar-refractivity contribution is 0.0994. The van der Waals surface area contributed by atoms with Crippen molar-refractivity contribution in [2.45, 2.75) is 38.0 Å². The summed E-state index contributed by atoms with van der Waals surface area (Å²) in [5.41, 5.74) is 9.00. The minimum atomic E-state index is -0.670. The third-order valence-corrected chi connectivity index (χ3v) is 5.75. The lowest BCUT2D eigenvalue weighted by Crippen LogP contribution is -2.45. The maximum atomic E-state index is 11.9. The third-order valence-electron chi connectivity index (χ3n) is 5.75. The number of aliphatic hydroxyl groups is 1. The van der Waals surface area contributed by atoms with Crippen LogP contribution in [0, 0.1) is 0 Å². The molecule has 1 aromatic heterocycles. The third kappa shape index (κ3) is 6.08. The zero-order valence-corrected chi connectivity index (χ0v) is 19.0. The Morgan fingerprint density at radius 1 is 1.19 bits per heavy atom. The average Bonchev–Trinajstić information content (AvgIpc) is 3.02. The van der Waals surface area contributed by atoms with Crippen LogP contribution in [-0.4, -0.2) is 54.4 Å². The molecule has 3 heterocycles. The van der Waals surface area contributed by atoms with E-state index in [0.717, 1.165) is 44.9 Å². The van der Waals surface area contributed by atoms with Gasteiger partial charge in [-0.3, -0.25) is 4.79 Å². The van der Waals surface area contributed by atoms with Crippen molar-refractivity contribution >= 4 is 36.5 Å². The Balaban J connectivity index is 0.00000171. The number of primary amides is 1. The van der Waals surface area contributed by atoms with E-state index in [-0.39, 0.29) is 37.3 Å². The lowest BCUT2D eigenvalue weighted by Gasteiger charge is -2.30. The molecule has 2 aliphatic rings. The highest BCUT2D eigenvalue weighted by Crippen LogP contribution is 2.22. The van der Waals surface area contributed by atoms with Crippen molar-refractivity contribution in [2.24, 2.45) is 5.73 Å². The standard InChI is InChI=1S/C22H28N4O3.2ClH/c23-22(28)17-6-7-21(26-8-3-10-29-11-9-26)25-18(17)13-20(27)19-12-15-4-1-2-5-16(15)14-24-19;;/h1-2,4-7,19-20,24,27H,3,8-14H2,(H2,23,28);2*1H/t19-,20+;;/m0../s1. The van der Waals surface area contributed by atoms with Gasteiger partial charge in [0, 0.05) is 38.7 Å². The molecule has 7 nitrogen and oxygen atoms in total. The van der Waals surface area contributed by atoms with Crippen molar-refractivity contribution < 1.29 is 14.6 Å². The molecule has 2 atom stereocenters. The van der Waals surface area contributed by atoms with E-state index in [1.54, 1.807) is 6.07 Å². The van der Waals surface area contributed by atoms with E-state index in [1.165, 1.54) is 11.1 Å². The van der Waals surface area contributed by atoms with Gasteiger partial charge in [-0.05, 0) is 36.1 Å². The van der Waals surface area contributed by atoms with Crippen molar-refractivity contribution in [3.63, 3.8) is 0 Å². The number of anilines is 1. The molecular formula is C22H30Cl2N4O3. The highest BCUT2D eigenvalue weighted by molar-refractivity contribution is 5.94. The molecule has 0 unspecified atom stereocenters. The van der Waals surface area contributed by atoms with E-state index in [1.807, 2.05) is 18.2 Å². The number of amides is 1. The van der Waals surface area contributed by atoms with Gasteiger partial charge in [-0.25, -0.2) is 4.98 Å². The fourth-order valence-electron chi connectivity index (χ4n) is 4.11. The molecule has 1 fully saturated rings. The van der Waals surface area contributed by atoms with Gasteiger partial charge in [0.1, 0.15) is 5.82 Å². The fourth-order valence-corrected chi connectivity index (χ4v) is 4.11. The Hall–Kier alpha value is -1.90. The summed E-state index contributed by atoms with van der Waals surface area (Å²) >= 11 is 0. The van der Waals surface area contributed by atoms with Crippen LogP contribution in [0.4, 0.5) is 5.82 Å². The number of hydrogen-bond acceptors (Lipinski definition) is 6. The number of carbonyl (C=O) groups is 1. The Morgan fingerprint density at radius 2 is 1.97 bits per heavy atom. The Morgan fingerprint density at radius 3 is 2.74 bits per heavy atom. The molecule has 4 rings (SSSR count). The molecule has 4 N–H and O–H groups in total. The van der Waals surface area contributed by atoms with Gasteiger partial charge in [-0.15, -0.1) is 24.8 Å². The smallest absolute Gasteiger partial charge is 0.250 e. The first-order valence-corrected chi connectivity index (χ1v) is 10.2. The fraction of sp³-hybridized carbons (Fsp3) is 0.455. The van der Waals surface area contributed by atoms with E-state index in [0.29, 0.717) is 17.9 Å². The maximum Gasteiger partial charge on any atom is 0.250 e. The molecule has 0 bridgehead atoms. The summed E-state index contributed by atoms with van der Waals surface area (Å²) in [5.74, 6) is 0.275. The summed E-state index contributed by atoms with van der Waals surface area (Å²) in [7, 11) is 0. The van der Waals surface area contributed by atoms with Crippen molar-refractivity contribution in [1.29, 1.82) is 0 Å². The first-order valence-electron chi connectivity index (χ1n) is 10.2. The normalized spacial score (nSPS) is 19.3. The van der Waals surface area contributed by atoms with E-state index >= 15 is 0 Å². The van der Waals surface area contributed by atoms with Crippen LogP contribution in [0.15, 0.2) is 36.4 Å². The molecule has 170 valence electrons. The number of carbonyl (C=O) groups excluding carboxylic acids is 1. The van der Waals surface area contributed by atoms with Gasteiger partial charge in [-0.2, -0.15) is 0 Å². The van der Waals surface area contributed by atoms with Crippen molar-refractivity contribution in [3.05, 3.63) is 58.8 Å². The Kier molecular flexibility index (Phi) is 9.53. The molecule has 0 radical (unpaired) electrons. The zero-order valence-electron chi connectivity index (χ0n) is 17.3. The van der Waals surface area contributed by atoms with Crippen molar-refractivity contribution in [1.82, 2.24) is 10.3 Å².